The second kappa shape index (κ2) is 9.67. The Morgan fingerprint density at radius 3 is 2.33 bits per heavy atom. The zero-order chi connectivity index (χ0) is 14.0. The Morgan fingerprint density at radius 1 is 1.28 bits per heavy atom. The van der Waals surface area contributed by atoms with Gasteiger partial charge in [0.15, 0.2) is 0 Å². The van der Waals surface area contributed by atoms with Crippen LogP contribution in [0.3, 0.4) is 0 Å². The Balaban J connectivity index is 4.32. The van der Waals surface area contributed by atoms with Crippen LogP contribution in [0.15, 0.2) is 0 Å². The number of hydrogen-bond donors (Lipinski definition) is 2. The third kappa shape index (κ3) is 6.41. The van der Waals surface area contributed by atoms with Crippen molar-refractivity contribution < 1.29 is 24.2 Å². The summed E-state index contributed by atoms with van der Waals surface area (Å²) >= 11 is 0. The van der Waals surface area contributed by atoms with E-state index < -0.39 is 18.0 Å². The van der Waals surface area contributed by atoms with Crippen molar-refractivity contribution >= 4 is 12.0 Å². The maximum atomic E-state index is 11.8. The van der Waals surface area contributed by atoms with Crippen molar-refractivity contribution in [2.24, 2.45) is 0 Å². The minimum atomic E-state index is -1.07. The summed E-state index contributed by atoms with van der Waals surface area (Å²) in [6.07, 6.45) is 0.236. The molecule has 0 rings (SSSR count). The number of nitrogens with one attached hydrogen (secondary N) is 1. The molecule has 0 heterocycles. The number of carboxylic acid groups (broad SMARTS) is 1. The summed E-state index contributed by atoms with van der Waals surface area (Å²) in [5.41, 5.74) is 0. The highest BCUT2D eigenvalue weighted by Gasteiger charge is 2.22. The molecular formula is C11H22N2O5. The Kier molecular flexibility index (Phi) is 8.95. The summed E-state index contributed by atoms with van der Waals surface area (Å²) in [4.78, 5) is 24.3. The molecule has 0 aliphatic carbocycles. The topological polar surface area (TPSA) is 88.1 Å². The summed E-state index contributed by atoms with van der Waals surface area (Å²) in [6.45, 7) is 3.43. The molecule has 0 spiro atoms. The lowest BCUT2D eigenvalue weighted by molar-refractivity contribution is -0.139. The van der Waals surface area contributed by atoms with E-state index >= 15 is 0 Å². The van der Waals surface area contributed by atoms with E-state index in [1.54, 1.807) is 7.11 Å². The molecule has 0 aromatic carbocycles. The molecular weight excluding hydrogens is 240 g/mol. The van der Waals surface area contributed by atoms with Gasteiger partial charge in [-0.2, -0.15) is 0 Å². The molecule has 2 amide bonds. The summed E-state index contributed by atoms with van der Waals surface area (Å²) < 4.78 is 9.69. The molecule has 106 valence electrons. The molecule has 0 aromatic rings. The number of carbonyl (C=O) groups is 2. The molecule has 0 aliphatic heterocycles. The van der Waals surface area contributed by atoms with Gasteiger partial charge in [-0.1, -0.05) is 0 Å². The van der Waals surface area contributed by atoms with Crippen molar-refractivity contribution in [1.82, 2.24) is 10.2 Å². The number of carboxylic acids is 1. The normalized spacial score (nSPS) is 11.9. The fourth-order valence-electron chi connectivity index (χ4n) is 1.34. The molecule has 0 aromatic heterocycles. The highest BCUT2D eigenvalue weighted by molar-refractivity contribution is 5.82. The van der Waals surface area contributed by atoms with Crippen LogP contribution < -0.4 is 5.32 Å². The molecule has 1 unspecified atom stereocenters. The van der Waals surface area contributed by atoms with Crippen LogP contribution in [0.1, 0.15) is 13.3 Å². The fraction of sp³-hybridized carbons (Fsp3) is 0.818. The van der Waals surface area contributed by atoms with Crippen molar-refractivity contribution in [2.45, 2.75) is 19.4 Å². The zero-order valence-electron chi connectivity index (χ0n) is 11.1. The molecule has 0 fully saturated rings. The van der Waals surface area contributed by atoms with Crippen LogP contribution in [0.2, 0.25) is 0 Å². The van der Waals surface area contributed by atoms with Gasteiger partial charge in [-0.25, -0.2) is 9.59 Å². The van der Waals surface area contributed by atoms with Gasteiger partial charge in [0.25, 0.3) is 0 Å². The average molecular weight is 262 g/mol. The Hall–Kier alpha value is -1.34. The Bertz CT molecular complexity index is 260. The van der Waals surface area contributed by atoms with Crippen LogP contribution in [0.25, 0.3) is 0 Å². The zero-order valence-corrected chi connectivity index (χ0v) is 11.1. The number of aliphatic carboxylic acids is 1. The summed E-state index contributed by atoms with van der Waals surface area (Å²) in [5, 5.41) is 11.4. The van der Waals surface area contributed by atoms with Crippen LogP contribution in [0.5, 0.6) is 0 Å². The number of ether oxygens (including phenoxy) is 2. The van der Waals surface area contributed by atoms with Crippen molar-refractivity contribution in [2.75, 3.05) is 40.5 Å². The van der Waals surface area contributed by atoms with E-state index in [4.69, 9.17) is 14.6 Å². The number of urea groups is 1. The summed E-state index contributed by atoms with van der Waals surface area (Å²) in [5.74, 6) is -1.07. The molecule has 1 atom stereocenters. The molecule has 18 heavy (non-hydrogen) atoms. The average Bonchev–Trinajstić information content (AvgIpc) is 2.34. The van der Waals surface area contributed by atoms with Crippen molar-refractivity contribution in [1.29, 1.82) is 0 Å². The summed E-state index contributed by atoms with van der Waals surface area (Å²) in [7, 11) is 3.03. The molecule has 0 saturated carbocycles. The summed E-state index contributed by atoms with van der Waals surface area (Å²) in [6, 6.07) is -1.34. The minimum Gasteiger partial charge on any atom is -0.480 e. The predicted molar refractivity (Wildman–Crippen MR) is 65.6 cm³/mol. The molecule has 0 radical (unpaired) electrons. The number of methoxy groups -OCH3 is 2. The Labute approximate surface area is 107 Å². The second-order valence-corrected chi connectivity index (χ2v) is 3.69. The van der Waals surface area contributed by atoms with E-state index in [2.05, 4.69) is 5.32 Å². The quantitative estimate of drug-likeness (QED) is 0.617. The Morgan fingerprint density at radius 2 is 1.89 bits per heavy atom. The number of hydrogen-bond acceptors (Lipinski definition) is 4. The molecule has 0 bridgehead atoms. The van der Waals surface area contributed by atoms with Crippen LogP contribution in [-0.2, 0) is 14.3 Å². The number of carbonyl (C=O) groups excluding carboxylic acids is 1. The van der Waals surface area contributed by atoms with Gasteiger partial charge in [0.05, 0.1) is 6.61 Å². The van der Waals surface area contributed by atoms with Gasteiger partial charge in [-0.15, -0.1) is 0 Å². The molecule has 2 N–H and O–H groups in total. The second-order valence-electron chi connectivity index (χ2n) is 3.69. The van der Waals surface area contributed by atoms with Gasteiger partial charge in [0.2, 0.25) is 0 Å². The number of amides is 2. The van der Waals surface area contributed by atoms with E-state index in [1.807, 2.05) is 6.92 Å². The van der Waals surface area contributed by atoms with Crippen molar-refractivity contribution in [3.63, 3.8) is 0 Å². The number of nitrogens with zero attached hydrogens (tertiary/aromatic N) is 1. The molecule has 7 heteroatoms. The maximum absolute atomic E-state index is 11.8. The lowest BCUT2D eigenvalue weighted by Gasteiger charge is -2.23. The van der Waals surface area contributed by atoms with Crippen molar-refractivity contribution in [3.05, 3.63) is 0 Å². The minimum absolute atomic E-state index is 0.236. The first kappa shape index (κ1) is 16.7. The van der Waals surface area contributed by atoms with Crippen LogP contribution in [-0.4, -0.2) is 68.6 Å². The third-order valence-electron chi connectivity index (χ3n) is 2.44. The first-order valence-electron chi connectivity index (χ1n) is 5.82. The number of likely N-dealkylation sites (N-methyl/N-ethyl adjacent to an activating group) is 1. The molecule has 7 nitrogen and oxygen atoms in total. The lowest BCUT2D eigenvalue weighted by Crippen LogP contribution is -2.49. The van der Waals surface area contributed by atoms with Crippen molar-refractivity contribution in [3.8, 4) is 0 Å². The largest absolute Gasteiger partial charge is 0.480 e. The van der Waals surface area contributed by atoms with Crippen LogP contribution >= 0.6 is 0 Å². The smallest absolute Gasteiger partial charge is 0.326 e. The molecule has 0 aliphatic rings. The van der Waals surface area contributed by atoms with Gasteiger partial charge in [0.1, 0.15) is 6.04 Å². The first-order valence-corrected chi connectivity index (χ1v) is 5.82. The highest BCUT2D eigenvalue weighted by Crippen LogP contribution is 1.97. The monoisotopic (exact) mass is 262 g/mol. The molecule has 0 saturated heterocycles. The third-order valence-corrected chi connectivity index (χ3v) is 2.44. The van der Waals surface area contributed by atoms with E-state index in [-0.39, 0.29) is 13.0 Å². The van der Waals surface area contributed by atoms with Gasteiger partial charge >= 0.3 is 12.0 Å². The van der Waals surface area contributed by atoms with E-state index in [1.165, 1.54) is 12.0 Å². The standard InChI is InChI=1S/C11H22N2O5/c1-4-13(6-8-18-3)11(16)12-9(10(14)15)5-7-17-2/h9H,4-8H2,1-3H3,(H,12,16)(H,14,15). The van der Waals surface area contributed by atoms with Gasteiger partial charge in [-0.05, 0) is 6.92 Å². The highest BCUT2D eigenvalue weighted by atomic mass is 16.5. The number of rotatable bonds is 9. The van der Waals surface area contributed by atoms with E-state index in [0.717, 1.165) is 0 Å². The van der Waals surface area contributed by atoms with Crippen LogP contribution in [0, 0.1) is 0 Å². The predicted octanol–water partition coefficient (Wildman–Crippen LogP) is 0.154. The lowest BCUT2D eigenvalue weighted by atomic mass is 10.2. The van der Waals surface area contributed by atoms with E-state index in [0.29, 0.717) is 19.7 Å². The van der Waals surface area contributed by atoms with E-state index in [9.17, 15) is 9.59 Å². The van der Waals surface area contributed by atoms with Crippen LogP contribution in [0.4, 0.5) is 4.79 Å². The SMILES string of the molecule is CCN(CCOC)C(=O)NC(CCOC)C(=O)O. The maximum Gasteiger partial charge on any atom is 0.326 e. The van der Waals surface area contributed by atoms with Gasteiger partial charge in [0, 0.05) is 40.3 Å². The van der Waals surface area contributed by atoms with Gasteiger partial charge in [-0.3, -0.25) is 0 Å². The first-order chi connectivity index (χ1) is 8.56. The van der Waals surface area contributed by atoms with Gasteiger partial charge < -0.3 is 24.8 Å². The fourth-order valence-corrected chi connectivity index (χ4v) is 1.34.